The molecular weight excluding hydrogens is 563 g/mol. The van der Waals surface area contributed by atoms with E-state index in [0.717, 1.165) is 16.7 Å². The van der Waals surface area contributed by atoms with Crippen LogP contribution in [0.3, 0.4) is 0 Å². The Morgan fingerprint density at radius 2 is 2.00 bits per heavy atom. The number of benzene rings is 1. The van der Waals surface area contributed by atoms with Crippen molar-refractivity contribution in [2.24, 2.45) is 0 Å². The van der Waals surface area contributed by atoms with Crippen LogP contribution in [0.1, 0.15) is 18.1 Å². The van der Waals surface area contributed by atoms with Gasteiger partial charge in [-0.1, -0.05) is 0 Å². The SMILES string of the molecule is CCn1ncc(Cn2ccnc2-c2ccc(F)cc2COc2cc(Br)cnc2[N+](=O)[O-])c1Br. The number of nitro groups is 1. The molecule has 0 aliphatic carbocycles. The molecule has 1 aromatic carbocycles. The normalized spacial score (nSPS) is 11.0. The molecule has 12 heteroatoms. The Morgan fingerprint density at radius 3 is 2.73 bits per heavy atom. The molecule has 0 aliphatic rings. The standard InChI is InChI=1S/C21H17Br2FN6O3/c1-2-29-19(23)14(9-27-29)11-28-6-5-25-20(28)17-4-3-16(24)7-13(17)12-33-18-8-15(22)10-26-21(18)30(31)32/h3-10H,2,11-12H2,1H3. The van der Waals surface area contributed by atoms with Gasteiger partial charge in [-0.05, 0) is 66.9 Å². The van der Waals surface area contributed by atoms with Crippen LogP contribution in [0.2, 0.25) is 0 Å². The summed E-state index contributed by atoms with van der Waals surface area (Å²) in [6.45, 7) is 3.11. The summed E-state index contributed by atoms with van der Waals surface area (Å²) >= 11 is 6.80. The molecule has 3 aromatic heterocycles. The number of aromatic nitrogens is 5. The first kappa shape index (κ1) is 23.1. The molecule has 33 heavy (non-hydrogen) atoms. The van der Waals surface area contributed by atoms with Gasteiger partial charge in [0.25, 0.3) is 0 Å². The van der Waals surface area contributed by atoms with Crippen molar-refractivity contribution in [3.8, 4) is 17.1 Å². The number of aryl methyl sites for hydroxylation is 1. The van der Waals surface area contributed by atoms with Crippen molar-refractivity contribution < 1.29 is 14.1 Å². The zero-order chi connectivity index (χ0) is 23.5. The molecule has 170 valence electrons. The van der Waals surface area contributed by atoms with Crippen molar-refractivity contribution in [2.75, 3.05) is 0 Å². The van der Waals surface area contributed by atoms with E-state index in [4.69, 9.17) is 4.74 Å². The second-order valence-electron chi connectivity index (χ2n) is 6.98. The lowest BCUT2D eigenvalue weighted by Gasteiger charge is -2.13. The third-order valence-electron chi connectivity index (χ3n) is 4.86. The first-order valence-electron chi connectivity index (χ1n) is 9.80. The highest BCUT2D eigenvalue weighted by Crippen LogP contribution is 2.31. The van der Waals surface area contributed by atoms with E-state index in [-0.39, 0.29) is 12.4 Å². The lowest BCUT2D eigenvalue weighted by Crippen LogP contribution is -2.06. The monoisotopic (exact) mass is 578 g/mol. The average Bonchev–Trinajstić information content (AvgIpc) is 3.39. The molecule has 0 saturated heterocycles. The highest BCUT2D eigenvalue weighted by Gasteiger charge is 2.20. The Labute approximate surface area is 204 Å². The first-order chi connectivity index (χ1) is 15.9. The van der Waals surface area contributed by atoms with Crippen LogP contribution < -0.4 is 4.74 Å². The third-order valence-corrected chi connectivity index (χ3v) is 6.22. The lowest BCUT2D eigenvalue weighted by molar-refractivity contribution is -0.390. The van der Waals surface area contributed by atoms with Crippen molar-refractivity contribution in [1.29, 1.82) is 0 Å². The van der Waals surface area contributed by atoms with Gasteiger partial charge < -0.3 is 19.4 Å². The predicted molar refractivity (Wildman–Crippen MR) is 125 cm³/mol. The van der Waals surface area contributed by atoms with Gasteiger partial charge in [-0.25, -0.2) is 9.37 Å². The fraction of sp³-hybridized carbons (Fsp3) is 0.190. The Bertz CT molecular complexity index is 1320. The smallest absolute Gasteiger partial charge is 0.406 e. The Morgan fingerprint density at radius 1 is 1.18 bits per heavy atom. The minimum Gasteiger partial charge on any atom is -0.481 e. The average molecular weight is 580 g/mol. The lowest BCUT2D eigenvalue weighted by atomic mass is 10.1. The van der Waals surface area contributed by atoms with Crippen LogP contribution in [0, 0.1) is 15.9 Å². The van der Waals surface area contributed by atoms with Gasteiger partial charge in [0.15, 0.2) is 6.20 Å². The molecule has 0 N–H and O–H groups in total. The molecule has 0 amide bonds. The predicted octanol–water partition coefficient (Wildman–Crippen LogP) is 5.36. The van der Waals surface area contributed by atoms with Crippen LogP contribution in [0.25, 0.3) is 11.4 Å². The second kappa shape index (κ2) is 9.79. The van der Waals surface area contributed by atoms with Crippen molar-refractivity contribution in [3.05, 3.63) is 85.2 Å². The van der Waals surface area contributed by atoms with E-state index in [9.17, 15) is 14.5 Å². The summed E-state index contributed by atoms with van der Waals surface area (Å²) in [7, 11) is 0. The van der Waals surface area contributed by atoms with Crippen molar-refractivity contribution in [1.82, 2.24) is 24.3 Å². The number of pyridine rings is 1. The summed E-state index contributed by atoms with van der Waals surface area (Å²) in [6, 6.07) is 5.74. The molecule has 0 fully saturated rings. The maximum atomic E-state index is 14.1. The number of ether oxygens (including phenoxy) is 1. The van der Waals surface area contributed by atoms with E-state index in [1.54, 1.807) is 18.5 Å². The van der Waals surface area contributed by atoms with Crippen LogP contribution in [-0.4, -0.2) is 29.2 Å². The van der Waals surface area contributed by atoms with Gasteiger partial charge in [-0.2, -0.15) is 5.10 Å². The van der Waals surface area contributed by atoms with E-state index < -0.39 is 16.6 Å². The highest BCUT2D eigenvalue weighted by molar-refractivity contribution is 9.10. The molecule has 4 rings (SSSR count). The molecule has 0 atom stereocenters. The number of nitrogens with zero attached hydrogens (tertiary/aromatic N) is 6. The summed E-state index contributed by atoms with van der Waals surface area (Å²) in [6.07, 6.45) is 6.58. The van der Waals surface area contributed by atoms with E-state index in [1.807, 2.05) is 22.4 Å². The fourth-order valence-corrected chi connectivity index (χ4v) is 4.19. The van der Waals surface area contributed by atoms with Gasteiger partial charge in [0, 0.05) is 41.7 Å². The van der Waals surface area contributed by atoms with E-state index in [2.05, 4.69) is 46.9 Å². The third kappa shape index (κ3) is 4.96. The number of rotatable bonds is 8. The van der Waals surface area contributed by atoms with Crippen LogP contribution in [0.5, 0.6) is 5.75 Å². The zero-order valence-electron chi connectivity index (χ0n) is 17.3. The van der Waals surface area contributed by atoms with E-state index in [1.165, 1.54) is 24.4 Å². The van der Waals surface area contributed by atoms with E-state index in [0.29, 0.717) is 28.0 Å². The summed E-state index contributed by atoms with van der Waals surface area (Å²) in [5, 5.41) is 15.6. The maximum absolute atomic E-state index is 14.1. The molecular formula is C21H17Br2FN6O3. The van der Waals surface area contributed by atoms with E-state index >= 15 is 0 Å². The summed E-state index contributed by atoms with van der Waals surface area (Å²) in [4.78, 5) is 18.9. The van der Waals surface area contributed by atoms with Gasteiger partial charge in [0.2, 0.25) is 5.75 Å². The van der Waals surface area contributed by atoms with Gasteiger partial charge in [-0.3, -0.25) is 4.68 Å². The minimum absolute atomic E-state index is 0.0242. The van der Waals surface area contributed by atoms with Crippen LogP contribution >= 0.6 is 31.9 Å². The van der Waals surface area contributed by atoms with Crippen LogP contribution in [-0.2, 0) is 19.7 Å². The maximum Gasteiger partial charge on any atom is 0.406 e. The molecule has 0 saturated carbocycles. The Balaban J connectivity index is 1.65. The zero-order valence-corrected chi connectivity index (χ0v) is 20.5. The van der Waals surface area contributed by atoms with Gasteiger partial charge in [0.05, 0.1) is 17.2 Å². The number of imidazole rings is 1. The second-order valence-corrected chi connectivity index (χ2v) is 8.64. The Hall–Kier alpha value is -3.12. The largest absolute Gasteiger partial charge is 0.481 e. The van der Waals surface area contributed by atoms with Crippen molar-refractivity contribution in [3.63, 3.8) is 0 Å². The van der Waals surface area contributed by atoms with Crippen molar-refractivity contribution in [2.45, 2.75) is 26.6 Å². The summed E-state index contributed by atoms with van der Waals surface area (Å²) in [5.74, 6) is -0.296. The summed E-state index contributed by atoms with van der Waals surface area (Å²) < 4.78 is 25.0. The quantitative estimate of drug-likeness (QED) is 0.206. The molecule has 0 unspecified atom stereocenters. The summed E-state index contributed by atoms with van der Waals surface area (Å²) in [5.41, 5.74) is 2.10. The topological polar surface area (TPSA) is 101 Å². The van der Waals surface area contributed by atoms with Crippen molar-refractivity contribution >= 4 is 37.7 Å². The fourth-order valence-electron chi connectivity index (χ4n) is 3.31. The molecule has 0 radical (unpaired) electrons. The molecule has 9 nitrogen and oxygen atoms in total. The minimum atomic E-state index is -0.630. The molecule has 0 aliphatic heterocycles. The molecule has 0 spiro atoms. The number of hydrogen-bond donors (Lipinski definition) is 0. The molecule has 3 heterocycles. The highest BCUT2D eigenvalue weighted by atomic mass is 79.9. The van der Waals surface area contributed by atoms with Crippen LogP contribution in [0.4, 0.5) is 10.2 Å². The Kier molecular flexibility index (Phi) is 6.84. The molecule has 0 bridgehead atoms. The van der Waals surface area contributed by atoms with Crippen LogP contribution in [0.15, 0.2) is 58.1 Å². The van der Waals surface area contributed by atoms with Gasteiger partial charge in [-0.15, -0.1) is 0 Å². The van der Waals surface area contributed by atoms with Gasteiger partial charge >= 0.3 is 5.82 Å². The number of hydrogen-bond acceptors (Lipinski definition) is 6. The number of halogens is 3. The molecule has 4 aromatic rings. The van der Waals surface area contributed by atoms with Gasteiger partial charge in [0.1, 0.15) is 22.9 Å². The first-order valence-corrected chi connectivity index (χ1v) is 11.4.